The lowest BCUT2D eigenvalue weighted by molar-refractivity contribution is 0.143. The number of halogens is 1. The summed E-state index contributed by atoms with van der Waals surface area (Å²) in [6.07, 6.45) is 2.58. The minimum absolute atomic E-state index is 0. The van der Waals surface area contributed by atoms with Crippen molar-refractivity contribution < 1.29 is 9.15 Å². The Balaban J connectivity index is 0.00000196. The number of ether oxygens (including phenoxy) is 1. The molecule has 1 aromatic heterocycles. The number of benzene rings is 1. The van der Waals surface area contributed by atoms with Gasteiger partial charge in [0, 0.05) is 37.3 Å². The number of piperazine rings is 1. The Morgan fingerprint density at radius 3 is 2.50 bits per heavy atom. The van der Waals surface area contributed by atoms with Crippen molar-refractivity contribution >= 4 is 12.4 Å². The average Bonchev–Trinajstić information content (AvgIpc) is 3.05. The van der Waals surface area contributed by atoms with Crippen molar-refractivity contribution in [1.29, 1.82) is 0 Å². The Morgan fingerprint density at radius 2 is 1.85 bits per heavy atom. The first-order valence-electron chi connectivity index (χ1n) is 9.15. The Labute approximate surface area is 161 Å². The maximum absolute atomic E-state index is 6.05. The fourth-order valence-electron chi connectivity index (χ4n) is 4.24. The molecule has 2 fully saturated rings. The van der Waals surface area contributed by atoms with E-state index in [1.54, 1.807) is 7.11 Å². The third kappa shape index (κ3) is 3.24. The molecule has 142 valence electrons. The average molecular weight is 378 g/mol. The van der Waals surface area contributed by atoms with E-state index in [1.807, 2.05) is 19.1 Å². The molecule has 3 heterocycles. The van der Waals surface area contributed by atoms with Crippen molar-refractivity contribution in [3.8, 4) is 17.2 Å². The summed E-state index contributed by atoms with van der Waals surface area (Å²) in [6, 6.07) is 5.32. The lowest BCUT2D eigenvalue weighted by Crippen LogP contribution is -2.51. The molecule has 0 aliphatic carbocycles. The summed E-state index contributed by atoms with van der Waals surface area (Å²) in [5.74, 6) is 2.56. The van der Waals surface area contributed by atoms with Crippen LogP contribution in [-0.4, -0.2) is 42.2 Å². The van der Waals surface area contributed by atoms with E-state index in [1.165, 1.54) is 12.8 Å². The molecule has 2 aliphatic rings. The summed E-state index contributed by atoms with van der Waals surface area (Å²) < 4.78 is 11.5. The quantitative estimate of drug-likeness (QED) is 0.881. The molecule has 26 heavy (non-hydrogen) atoms. The van der Waals surface area contributed by atoms with Crippen LogP contribution in [0.2, 0.25) is 0 Å². The predicted octanol–water partition coefficient (Wildman–Crippen LogP) is 3.63. The lowest BCUT2D eigenvalue weighted by atomic mass is 10.0. The summed E-state index contributed by atoms with van der Waals surface area (Å²) in [4.78, 5) is 7.47. The number of rotatable bonds is 4. The Bertz CT molecular complexity index is 774. The molecule has 2 bridgehead atoms. The van der Waals surface area contributed by atoms with Gasteiger partial charge in [0.15, 0.2) is 0 Å². The zero-order chi connectivity index (χ0) is 17.6. The number of oxazole rings is 1. The minimum atomic E-state index is 0. The number of hydrogen-bond acceptors (Lipinski definition) is 5. The normalized spacial score (nSPS) is 22.3. The largest absolute Gasteiger partial charge is 0.496 e. The van der Waals surface area contributed by atoms with Crippen LogP contribution in [0.5, 0.6) is 5.75 Å². The van der Waals surface area contributed by atoms with Gasteiger partial charge in [0.05, 0.1) is 12.8 Å². The molecule has 2 aliphatic heterocycles. The second kappa shape index (κ2) is 7.59. The molecular weight excluding hydrogens is 350 g/mol. The highest BCUT2D eigenvalue weighted by molar-refractivity contribution is 5.85. The van der Waals surface area contributed by atoms with E-state index < -0.39 is 0 Å². The number of aryl methyl sites for hydroxylation is 1. The van der Waals surface area contributed by atoms with Gasteiger partial charge in [0.1, 0.15) is 11.5 Å². The third-order valence-electron chi connectivity index (χ3n) is 5.94. The van der Waals surface area contributed by atoms with Gasteiger partial charge in [-0.25, -0.2) is 4.98 Å². The van der Waals surface area contributed by atoms with E-state index in [4.69, 9.17) is 14.1 Å². The molecule has 1 aromatic carbocycles. The van der Waals surface area contributed by atoms with Gasteiger partial charge in [-0.15, -0.1) is 12.4 Å². The molecule has 2 saturated heterocycles. The molecule has 0 saturated carbocycles. The van der Waals surface area contributed by atoms with Crippen LogP contribution < -0.4 is 10.1 Å². The predicted molar refractivity (Wildman–Crippen MR) is 105 cm³/mol. The van der Waals surface area contributed by atoms with Gasteiger partial charge in [-0.05, 0) is 56.9 Å². The van der Waals surface area contributed by atoms with Crippen molar-refractivity contribution in [3.05, 3.63) is 34.7 Å². The molecule has 6 heteroatoms. The number of nitrogens with one attached hydrogen (secondary N) is 1. The van der Waals surface area contributed by atoms with E-state index in [9.17, 15) is 0 Å². The molecule has 0 spiro atoms. The van der Waals surface area contributed by atoms with Crippen molar-refractivity contribution in [1.82, 2.24) is 15.2 Å². The van der Waals surface area contributed by atoms with E-state index in [0.717, 1.165) is 59.4 Å². The molecule has 5 nitrogen and oxygen atoms in total. The summed E-state index contributed by atoms with van der Waals surface area (Å²) in [5.41, 5.74) is 4.42. The number of hydrogen-bond donors (Lipinski definition) is 1. The number of aromatic nitrogens is 1. The number of methoxy groups -OCH3 is 1. The molecular formula is C20H28ClN3O2. The molecule has 4 rings (SSSR count). The van der Waals surface area contributed by atoms with Gasteiger partial charge in [-0.3, -0.25) is 4.90 Å². The van der Waals surface area contributed by atoms with Gasteiger partial charge in [-0.2, -0.15) is 0 Å². The summed E-state index contributed by atoms with van der Waals surface area (Å²) >= 11 is 0. The molecule has 0 amide bonds. The van der Waals surface area contributed by atoms with E-state index in [0.29, 0.717) is 12.1 Å². The van der Waals surface area contributed by atoms with Crippen molar-refractivity contribution in [2.45, 2.75) is 52.2 Å². The first-order valence-corrected chi connectivity index (χ1v) is 9.15. The zero-order valence-corrected chi connectivity index (χ0v) is 16.8. The molecule has 0 radical (unpaired) electrons. The van der Waals surface area contributed by atoms with Crippen LogP contribution in [0.4, 0.5) is 0 Å². The van der Waals surface area contributed by atoms with Crippen molar-refractivity contribution in [2.75, 3.05) is 20.2 Å². The van der Waals surface area contributed by atoms with Crippen LogP contribution >= 0.6 is 12.4 Å². The van der Waals surface area contributed by atoms with Gasteiger partial charge in [0.2, 0.25) is 5.89 Å². The number of nitrogens with zero attached hydrogens (tertiary/aromatic N) is 2. The van der Waals surface area contributed by atoms with E-state index in [2.05, 4.69) is 24.1 Å². The zero-order valence-electron chi connectivity index (χ0n) is 16.0. The minimum Gasteiger partial charge on any atom is -0.496 e. The highest BCUT2D eigenvalue weighted by Gasteiger charge is 2.37. The third-order valence-corrected chi connectivity index (χ3v) is 5.94. The maximum atomic E-state index is 6.05. The lowest BCUT2D eigenvalue weighted by Gasteiger charge is -2.34. The summed E-state index contributed by atoms with van der Waals surface area (Å²) in [7, 11) is 1.70. The van der Waals surface area contributed by atoms with Crippen molar-refractivity contribution in [3.63, 3.8) is 0 Å². The highest BCUT2D eigenvalue weighted by atomic mass is 35.5. The van der Waals surface area contributed by atoms with Crippen LogP contribution in [0.3, 0.4) is 0 Å². The smallest absolute Gasteiger partial charge is 0.226 e. The van der Waals surface area contributed by atoms with Crippen LogP contribution in [-0.2, 0) is 6.54 Å². The Kier molecular flexibility index (Phi) is 5.61. The maximum Gasteiger partial charge on any atom is 0.226 e. The summed E-state index contributed by atoms with van der Waals surface area (Å²) in [5, 5.41) is 3.54. The first-order chi connectivity index (χ1) is 12.1. The number of fused-ring (bicyclic) bond motifs is 2. The fourth-order valence-corrected chi connectivity index (χ4v) is 4.24. The van der Waals surface area contributed by atoms with Gasteiger partial charge < -0.3 is 14.5 Å². The van der Waals surface area contributed by atoms with E-state index >= 15 is 0 Å². The van der Waals surface area contributed by atoms with Gasteiger partial charge in [0.25, 0.3) is 0 Å². The summed E-state index contributed by atoms with van der Waals surface area (Å²) in [6.45, 7) is 9.28. The SMILES string of the molecule is COc1ccc(-c2nc(CN3[C@@H]4CC[C@H]3CNC4)c(C)o2)c(C)c1C.Cl. The van der Waals surface area contributed by atoms with Crippen LogP contribution in [0, 0.1) is 20.8 Å². The monoisotopic (exact) mass is 377 g/mol. The molecule has 1 N–H and O–H groups in total. The second-order valence-corrected chi connectivity index (χ2v) is 7.30. The highest BCUT2D eigenvalue weighted by Crippen LogP contribution is 2.33. The molecule has 2 atom stereocenters. The second-order valence-electron chi connectivity index (χ2n) is 7.30. The first kappa shape index (κ1) is 19.2. The Hall–Kier alpha value is -1.56. The van der Waals surface area contributed by atoms with Crippen LogP contribution in [0.25, 0.3) is 11.5 Å². The van der Waals surface area contributed by atoms with Crippen LogP contribution in [0.1, 0.15) is 35.4 Å². The standard InChI is InChI=1S/C20H27N3O2.ClH/c1-12-13(2)19(24-4)8-7-17(12)20-22-18(14(3)25-20)11-23-15-5-6-16(23)10-21-9-15;/h7-8,15-16,21H,5-6,9-11H2,1-4H3;1H/t15-,16+;. The topological polar surface area (TPSA) is 50.5 Å². The van der Waals surface area contributed by atoms with Crippen molar-refractivity contribution in [2.24, 2.45) is 0 Å². The fraction of sp³-hybridized carbons (Fsp3) is 0.550. The molecule has 0 unspecified atom stereocenters. The van der Waals surface area contributed by atoms with Crippen LogP contribution in [0.15, 0.2) is 16.5 Å². The molecule has 2 aromatic rings. The van der Waals surface area contributed by atoms with E-state index in [-0.39, 0.29) is 12.4 Å². The van der Waals surface area contributed by atoms with Gasteiger partial charge >= 0.3 is 0 Å². The Morgan fingerprint density at radius 1 is 1.15 bits per heavy atom. The van der Waals surface area contributed by atoms with Gasteiger partial charge in [-0.1, -0.05) is 0 Å².